The molecule has 1 aliphatic rings. The first kappa shape index (κ1) is 21.3. The molecular weight excluding hydrogens is 397 g/mol. The average molecular weight is 421 g/mol. The number of ether oxygens (including phenoxy) is 1. The van der Waals surface area contributed by atoms with Crippen molar-refractivity contribution in [1.82, 2.24) is 20.4 Å². The van der Waals surface area contributed by atoms with Crippen molar-refractivity contribution in [2.75, 3.05) is 38.1 Å². The summed E-state index contributed by atoms with van der Waals surface area (Å²) in [4.78, 5) is 26.3. The number of benzene rings is 1. The monoisotopic (exact) mass is 421 g/mol. The van der Waals surface area contributed by atoms with E-state index in [1.807, 2.05) is 0 Å². The Morgan fingerprint density at radius 3 is 2.86 bits per heavy atom. The molecule has 3 rings (SSSR count). The van der Waals surface area contributed by atoms with Gasteiger partial charge in [-0.25, -0.2) is 4.39 Å². The van der Waals surface area contributed by atoms with Gasteiger partial charge in [-0.2, -0.15) is 0 Å². The predicted molar refractivity (Wildman–Crippen MR) is 107 cm³/mol. The molecular formula is C19H24FN5O3S. The van der Waals surface area contributed by atoms with E-state index in [1.54, 1.807) is 6.07 Å². The molecule has 1 aromatic heterocycles. The molecule has 156 valence electrons. The Kier molecular flexibility index (Phi) is 8.03. The molecule has 0 radical (unpaired) electrons. The fraction of sp³-hybridized carbons (Fsp3) is 0.474. The predicted octanol–water partition coefficient (Wildman–Crippen LogP) is 2.05. The molecule has 2 heterocycles. The van der Waals surface area contributed by atoms with Crippen LogP contribution >= 0.6 is 11.3 Å². The van der Waals surface area contributed by atoms with Crippen LogP contribution in [0.2, 0.25) is 0 Å². The van der Waals surface area contributed by atoms with E-state index in [4.69, 9.17) is 4.74 Å². The number of hydrogen-bond donors (Lipinski definition) is 2. The molecule has 0 atom stereocenters. The molecule has 1 aromatic carbocycles. The van der Waals surface area contributed by atoms with Gasteiger partial charge in [0.15, 0.2) is 0 Å². The van der Waals surface area contributed by atoms with E-state index in [9.17, 15) is 14.0 Å². The number of likely N-dealkylation sites (tertiary alicyclic amines) is 1. The van der Waals surface area contributed by atoms with E-state index in [1.165, 1.54) is 31.0 Å². The lowest BCUT2D eigenvalue weighted by atomic mass is 10.3. The van der Waals surface area contributed by atoms with Crippen molar-refractivity contribution in [3.63, 3.8) is 0 Å². The van der Waals surface area contributed by atoms with Crippen LogP contribution in [-0.4, -0.2) is 59.7 Å². The zero-order chi connectivity index (χ0) is 20.5. The number of carbonyl (C=O) groups is 2. The van der Waals surface area contributed by atoms with Gasteiger partial charge in [0, 0.05) is 12.2 Å². The molecule has 1 saturated heterocycles. The summed E-state index contributed by atoms with van der Waals surface area (Å²) in [6, 6.07) is 5.59. The van der Waals surface area contributed by atoms with Gasteiger partial charge in [-0.1, -0.05) is 17.4 Å². The number of rotatable bonds is 10. The number of anilines is 1. The fourth-order valence-corrected chi connectivity index (χ4v) is 3.65. The number of carbonyl (C=O) groups excluding carboxylic acids is 2. The van der Waals surface area contributed by atoms with E-state index in [0.29, 0.717) is 17.2 Å². The van der Waals surface area contributed by atoms with Gasteiger partial charge in [0.05, 0.1) is 0 Å². The van der Waals surface area contributed by atoms with E-state index < -0.39 is 11.7 Å². The molecule has 1 aliphatic heterocycles. The van der Waals surface area contributed by atoms with Crippen LogP contribution in [0.1, 0.15) is 34.1 Å². The van der Waals surface area contributed by atoms with Gasteiger partial charge < -0.3 is 20.3 Å². The summed E-state index contributed by atoms with van der Waals surface area (Å²) in [5, 5.41) is 13.7. The number of nitrogens with zero attached hydrogens (tertiary/aromatic N) is 3. The SMILES string of the molecule is O=C(COCc1nnc(C(=O)Nc2cccc(F)c2)s1)NCCCN1CCCC1. The smallest absolute Gasteiger partial charge is 0.286 e. The summed E-state index contributed by atoms with van der Waals surface area (Å²) in [6.45, 7) is 3.96. The van der Waals surface area contributed by atoms with Gasteiger partial charge in [0.25, 0.3) is 5.91 Å². The van der Waals surface area contributed by atoms with E-state index in [0.717, 1.165) is 37.4 Å². The summed E-state index contributed by atoms with van der Waals surface area (Å²) in [6.07, 6.45) is 3.45. The Morgan fingerprint density at radius 2 is 2.07 bits per heavy atom. The Hall–Kier alpha value is -2.43. The van der Waals surface area contributed by atoms with Gasteiger partial charge in [0.2, 0.25) is 10.9 Å². The summed E-state index contributed by atoms with van der Waals surface area (Å²) in [5.41, 5.74) is 0.337. The minimum Gasteiger partial charge on any atom is -0.364 e. The second-order valence-corrected chi connectivity index (χ2v) is 7.77. The van der Waals surface area contributed by atoms with Gasteiger partial charge >= 0.3 is 0 Å². The number of halogens is 1. The lowest BCUT2D eigenvalue weighted by Gasteiger charge is -2.14. The number of amides is 2. The molecule has 0 unspecified atom stereocenters. The minimum atomic E-state index is -0.477. The second-order valence-electron chi connectivity index (χ2n) is 6.71. The summed E-state index contributed by atoms with van der Waals surface area (Å²) in [7, 11) is 0. The van der Waals surface area contributed by atoms with Crippen molar-refractivity contribution < 1.29 is 18.7 Å². The van der Waals surface area contributed by atoms with Gasteiger partial charge in [-0.3, -0.25) is 9.59 Å². The highest BCUT2D eigenvalue weighted by molar-refractivity contribution is 7.13. The van der Waals surface area contributed by atoms with Gasteiger partial charge in [-0.15, -0.1) is 10.2 Å². The van der Waals surface area contributed by atoms with Gasteiger partial charge in [-0.05, 0) is 57.1 Å². The highest BCUT2D eigenvalue weighted by atomic mass is 32.1. The quantitative estimate of drug-likeness (QED) is 0.570. The Bertz CT molecular complexity index is 826. The maximum Gasteiger partial charge on any atom is 0.286 e. The van der Waals surface area contributed by atoms with Crippen LogP contribution in [0.3, 0.4) is 0 Å². The van der Waals surface area contributed by atoms with Gasteiger partial charge in [0.1, 0.15) is 24.0 Å². The lowest BCUT2D eigenvalue weighted by Crippen LogP contribution is -2.31. The third kappa shape index (κ3) is 7.15. The molecule has 8 nitrogen and oxygen atoms in total. The third-order valence-electron chi connectivity index (χ3n) is 4.37. The zero-order valence-electron chi connectivity index (χ0n) is 16.0. The first-order valence-electron chi connectivity index (χ1n) is 9.56. The molecule has 1 fully saturated rings. The maximum absolute atomic E-state index is 13.2. The molecule has 2 N–H and O–H groups in total. The van der Waals surface area contributed by atoms with Crippen molar-refractivity contribution in [1.29, 1.82) is 0 Å². The zero-order valence-corrected chi connectivity index (χ0v) is 16.8. The molecule has 0 aliphatic carbocycles. The van der Waals surface area contributed by atoms with Crippen LogP contribution < -0.4 is 10.6 Å². The average Bonchev–Trinajstić information content (AvgIpc) is 3.37. The van der Waals surface area contributed by atoms with Crippen molar-refractivity contribution in [2.45, 2.75) is 25.9 Å². The number of nitrogens with one attached hydrogen (secondary N) is 2. The van der Waals surface area contributed by atoms with Crippen LogP contribution in [0, 0.1) is 5.82 Å². The highest BCUT2D eigenvalue weighted by Gasteiger charge is 2.14. The minimum absolute atomic E-state index is 0.0753. The van der Waals surface area contributed by atoms with Crippen molar-refractivity contribution >= 4 is 28.8 Å². The molecule has 29 heavy (non-hydrogen) atoms. The van der Waals surface area contributed by atoms with Crippen LogP contribution in [-0.2, 0) is 16.1 Å². The van der Waals surface area contributed by atoms with Crippen LogP contribution in [0.25, 0.3) is 0 Å². The third-order valence-corrected chi connectivity index (χ3v) is 5.27. The Morgan fingerprint density at radius 1 is 1.24 bits per heavy atom. The van der Waals surface area contributed by atoms with Crippen molar-refractivity contribution in [3.8, 4) is 0 Å². The first-order chi connectivity index (χ1) is 14.1. The fourth-order valence-electron chi connectivity index (χ4n) is 2.97. The lowest BCUT2D eigenvalue weighted by molar-refractivity contribution is -0.126. The number of hydrogen-bond acceptors (Lipinski definition) is 7. The highest BCUT2D eigenvalue weighted by Crippen LogP contribution is 2.15. The van der Waals surface area contributed by atoms with E-state index in [2.05, 4.69) is 25.7 Å². The van der Waals surface area contributed by atoms with Crippen LogP contribution in [0.4, 0.5) is 10.1 Å². The first-order valence-corrected chi connectivity index (χ1v) is 10.4. The molecule has 0 saturated carbocycles. The standard InChI is InChI=1S/C19H24FN5O3S/c20-14-5-3-6-15(11-14)22-18(27)19-24-23-17(29-19)13-28-12-16(26)21-7-4-10-25-8-1-2-9-25/h3,5-6,11H,1-2,4,7-10,12-13H2,(H,21,26)(H,22,27). The topological polar surface area (TPSA) is 96.5 Å². The molecule has 0 spiro atoms. The van der Waals surface area contributed by atoms with E-state index >= 15 is 0 Å². The summed E-state index contributed by atoms with van der Waals surface area (Å²) >= 11 is 1.06. The Labute approximate surface area is 172 Å². The Balaban J connectivity index is 1.32. The largest absolute Gasteiger partial charge is 0.364 e. The van der Waals surface area contributed by atoms with Crippen molar-refractivity contribution in [3.05, 3.63) is 40.1 Å². The second kappa shape index (κ2) is 10.9. The normalized spacial score (nSPS) is 14.1. The molecule has 2 amide bonds. The maximum atomic E-state index is 13.2. The summed E-state index contributed by atoms with van der Waals surface area (Å²) < 4.78 is 18.5. The van der Waals surface area contributed by atoms with Crippen LogP contribution in [0.5, 0.6) is 0 Å². The van der Waals surface area contributed by atoms with Crippen molar-refractivity contribution in [2.24, 2.45) is 0 Å². The molecule has 10 heteroatoms. The van der Waals surface area contributed by atoms with Crippen LogP contribution in [0.15, 0.2) is 24.3 Å². The summed E-state index contributed by atoms with van der Waals surface area (Å²) in [5.74, 6) is -1.10. The molecule has 0 bridgehead atoms. The number of aromatic nitrogens is 2. The molecule has 2 aromatic rings. The van der Waals surface area contributed by atoms with E-state index in [-0.39, 0.29) is 24.1 Å².